The molecule has 0 radical (unpaired) electrons. The molecule has 1 saturated heterocycles. The Morgan fingerprint density at radius 3 is 2.79 bits per heavy atom. The van der Waals surface area contributed by atoms with Crippen LogP contribution in [0.5, 0.6) is 0 Å². The fourth-order valence-electron chi connectivity index (χ4n) is 2.73. The minimum Gasteiger partial charge on any atom is -0.469 e. The molecule has 1 aliphatic carbocycles. The first-order valence-corrected chi connectivity index (χ1v) is 5.14. The lowest BCUT2D eigenvalue weighted by atomic mass is 9.80. The van der Waals surface area contributed by atoms with E-state index >= 15 is 0 Å². The molecule has 2 aliphatic rings. The van der Waals surface area contributed by atoms with Gasteiger partial charge in [0.2, 0.25) is 0 Å². The zero-order valence-electron chi connectivity index (χ0n) is 8.49. The molecule has 3 unspecified atom stereocenters. The van der Waals surface area contributed by atoms with Gasteiger partial charge in [-0.25, -0.2) is 0 Å². The van der Waals surface area contributed by atoms with E-state index in [0.29, 0.717) is 12.0 Å². The van der Waals surface area contributed by atoms with E-state index in [1.807, 2.05) is 0 Å². The maximum absolute atomic E-state index is 11.4. The van der Waals surface area contributed by atoms with Gasteiger partial charge >= 0.3 is 5.97 Å². The van der Waals surface area contributed by atoms with Gasteiger partial charge in [0.05, 0.1) is 13.0 Å². The van der Waals surface area contributed by atoms with Crippen molar-refractivity contribution in [3.63, 3.8) is 0 Å². The maximum atomic E-state index is 11.4. The molecule has 0 aromatic rings. The molecule has 0 aromatic heterocycles. The molecular formula is C10H18ClNO2. The van der Waals surface area contributed by atoms with Crippen molar-refractivity contribution in [2.75, 3.05) is 13.7 Å². The quantitative estimate of drug-likeness (QED) is 0.677. The van der Waals surface area contributed by atoms with Crippen molar-refractivity contribution in [1.82, 2.24) is 5.32 Å². The fraction of sp³-hybridized carbons (Fsp3) is 0.900. The molecule has 0 amide bonds. The normalized spacial score (nSPS) is 35.6. The van der Waals surface area contributed by atoms with Gasteiger partial charge in [-0.15, -0.1) is 12.4 Å². The molecule has 3 atom stereocenters. The highest BCUT2D eigenvalue weighted by atomic mass is 35.5. The monoisotopic (exact) mass is 219 g/mol. The smallest absolute Gasteiger partial charge is 0.310 e. The molecule has 2 rings (SSSR count). The van der Waals surface area contributed by atoms with E-state index in [0.717, 1.165) is 6.54 Å². The van der Waals surface area contributed by atoms with Gasteiger partial charge in [0, 0.05) is 12.6 Å². The Hall–Kier alpha value is -0.280. The molecule has 1 aliphatic heterocycles. The van der Waals surface area contributed by atoms with Gasteiger partial charge in [-0.05, 0) is 18.8 Å². The van der Waals surface area contributed by atoms with E-state index < -0.39 is 0 Å². The highest BCUT2D eigenvalue weighted by molar-refractivity contribution is 5.85. The van der Waals surface area contributed by atoms with Crippen LogP contribution >= 0.6 is 12.4 Å². The van der Waals surface area contributed by atoms with E-state index in [1.165, 1.54) is 32.8 Å². The molecule has 0 spiro atoms. The predicted octanol–water partition coefficient (Wildman–Crippen LogP) is 1.36. The number of rotatable bonds is 1. The Kier molecular flexibility index (Phi) is 4.20. The number of methoxy groups -OCH3 is 1. The summed E-state index contributed by atoms with van der Waals surface area (Å²) in [4.78, 5) is 11.4. The summed E-state index contributed by atoms with van der Waals surface area (Å²) in [6.07, 6.45) is 5.01. The topological polar surface area (TPSA) is 38.3 Å². The van der Waals surface area contributed by atoms with E-state index in [1.54, 1.807) is 0 Å². The summed E-state index contributed by atoms with van der Waals surface area (Å²) in [5.74, 6) is 0.637. The van der Waals surface area contributed by atoms with Gasteiger partial charge in [-0.2, -0.15) is 0 Å². The van der Waals surface area contributed by atoms with Gasteiger partial charge in [-0.3, -0.25) is 4.79 Å². The van der Waals surface area contributed by atoms with Gasteiger partial charge in [0.1, 0.15) is 0 Å². The van der Waals surface area contributed by atoms with Crippen LogP contribution < -0.4 is 5.32 Å². The molecule has 1 heterocycles. The maximum Gasteiger partial charge on any atom is 0.310 e. The second-order valence-electron chi connectivity index (χ2n) is 4.09. The third-order valence-corrected chi connectivity index (χ3v) is 3.44. The SMILES string of the molecule is COC(=O)C1CNC2CCCCC21.Cl. The minimum atomic E-state index is -0.0260. The highest BCUT2D eigenvalue weighted by Gasteiger charge is 2.41. The number of esters is 1. The van der Waals surface area contributed by atoms with Crippen LogP contribution in [0.3, 0.4) is 0 Å². The van der Waals surface area contributed by atoms with Gasteiger partial charge < -0.3 is 10.1 Å². The number of nitrogens with one attached hydrogen (secondary N) is 1. The van der Waals surface area contributed by atoms with Crippen LogP contribution in [0.1, 0.15) is 25.7 Å². The van der Waals surface area contributed by atoms with E-state index in [2.05, 4.69) is 5.32 Å². The first kappa shape index (κ1) is 11.8. The molecule has 0 bridgehead atoms. The number of carbonyl (C=O) groups excluding carboxylic acids is 1. The Bertz CT molecular complexity index is 210. The van der Waals surface area contributed by atoms with E-state index in [4.69, 9.17) is 4.74 Å². The van der Waals surface area contributed by atoms with Crippen LogP contribution in [0, 0.1) is 11.8 Å². The summed E-state index contributed by atoms with van der Waals surface area (Å²) in [6, 6.07) is 0.581. The second-order valence-corrected chi connectivity index (χ2v) is 4.09. The Labute approximate surface area is 91.0 Å². The minimum absolute atomic E-state index is 0. The Balaban J connectivity index is 0.000000980. The number of hydrogen-bond acceptors (Lipinski definition) is 3. The van der Waals surface area contributed by atoms with Crippen molar-refractivity contribution in [3.05, 3.63) is 0 Å². The first-order chi connectivity index (χ1) is 6.33. The second kappa shape index (κ2) is 4.99. The predicted molar refractivity (Wildman–Crippen MR) is 56.5 cm³/mol. The van der Waals surface area contributed by atoms with E-state index in [-0.39, 0.29) is 24.3 Å². The van der Waals surface area contributed by atoms with Crippen molar-refractivity contribution in [2.45, 2.75) is 31.7 Å². The van der Waals surface area contributed by atoms with Crippen LogP contribution in [-0.2, 0) is 9.53 Å². The molecule has 0 aromatic carbocycles. The average Bonchev–Trinajstić information content (AvgIpc) is 2.60. The third kappa shape index (κ3) is 2.04. The molecule has 3 nitrogen and oxygen atoms in total. The summed E-state index contributed by atoms with van der Waals surface area (Å²) in [5, 5.41) is 3.42. The molecule has 82 valence electrons. The van der Waals surface area contributed by atoms with Crippen molar-refractivity contribution in [1.29, 1.82) is 0 Å². The molecule has 1 N–H and O–H groups in total. The zero-order valence-corrected chi connectivity index (χ0v) is 9.31. The fourth-order valence-corrected chi connectivity index (χ4v) is 2.73. The molecular weight excluding hydrogens is 202 g/mol. The number of halogens is 1. The molecule has 1 saturated carbocycles. The number of carbonyl (C=O) groups is 1. The van der Waals surface area contributed by atoms with Crippen molar-refractivity contribution in [3.8, 4) is 0 Å². The summed E-state index contributed by atoms with van der Waals surface area (Å²) < 4.78 is 4.80. The van der Waals surface area contributed by atoms with Gasteiger partial charge in [-0.1, -0.05) is 12.8 Å². The third-order valence-electron chi connectivity index (χ3n) is 3.44. The van der Waals surface area contributed by atoms with Crippen molar-refractivity contribution < 1.29 is 9.53 Å². The number of fused-ring (bicyclic) bond motifs is 1. The van der Waals surface area contributed by atoms with Crippen molar-refractivity contribution >= 4 is 18.4 Å². The van der Waals surface area contributed by atoms with Crippen LogP contribution in [0.2, 0.25) is 0 Å². The van der Waals surface area contributed by atoms with Crippen LogP contribution in [0.25, 0.3) is 0 Å². The summed E-state index contributed by atoms with van der Waals surface area (Å²) >= 11 is 0. The zero-order chi connectivity index (χ0) is 9.26. The van der Waals surface area contributed by atoms with Crippen LogP contribution in [0.4, 0.5) is 0 Å². The molecule has 14 heavy (non-hydrogen) atoms. The highest BCUT2D eigenvalue weighted by Crippen LogP contribution is 2.34. The standard InChI is InChI=1S/C10H17NO2.ClH/c1-13-10(12)8-6-11-9-5-3-2-4-7(8)9;/h7-9,11H,2-6H2,1H3;1H. The van der Waals surface area contributed by atoms with E-state index in [9.17, 15) is 4.79 Å². The van der Waals surface area contributed by atoms with Gasteiger partial charge in [0.25, 0.3) is 0 Å². The Morgan fingerprint density at radius 1 is 1.36 bits per heavy atom. The molecule has 4 heteroatoms. The summed E-state index contributed by atoms with van der Waals surface area (Å²) in [6.45, 7) is 0.821. The summed E-state index contributed by atoms with van der Waals surface area (Å²) in [7, 11) is 1.48. The van der Waals surface area contributed by atoms with Crippen LogP contribution in [0.15, 0.2) is 0 Å². The van der Waals surface area contributed by atoms with Crippen molar-refractivity contribution in [2.24, 2.45) is 11.8 Å². The average molecular weight is 220 g/mol. The largest absolute Gasteiger partial charge is 0.469 e. The number of ether oxygens (including phenoxy) is 1. The van der Waals surface area contributed by atoms with Gasteiger partial charge in [0.15, 0.2) is 0 Å². The Morgan fingerprint density at radius 2 is 2.07 bits per heavy atom. The molecule has 2 fully saturated rings. The summed E-state index contributed by atoms with van der Waals surface area (Å²) in [5.41, 5.74) is 0. The lowest BCUT2D eigenvalue weighted by molar-refractivity contribution is -0.146. The lowest BCUT2D eigenvalue weighted by Crippen LogP contribution is -2.31. The number of hydrogen-bond donors (Lipinski definition) is 1. The first-order valence-electron chi connectivity index (χ1n) is 5.14. The lowest BCUT2D eigenvalue weighted by Gasteiger charge is -2.27. The van der Waals surface area contributed by atoms with Crippen LogP contribution in [-0.4, -0.2) is 25.7 Å².